The number of hydrogen-bond acceptors (Lipinski definition) is 3. The van der Waals surface area contributed by atoms with Crippen LogP contribution < -0.4 is 5.73 Å². The highest BCUT2D eigenvalue weighted by Crippen LogP contribution is 2.29. The minimum absolute atomic E-state index is 0.0707. The summed E-state index contributed by atoms with van der Waals surface area (Å²) >= 11 is 0. The maximum absolute atomic E-state index is 12.5. The average Bonchev–Trinajstić information content (AvgIpc) is 3.22. The molecule has 1 aromatic carbocycles. The number of carbonyl (C=O) groups is 2. The molecule has 0 saturated heterocycles. The van der Waals surface area contributed by atoms with Crippen molar-refractivity contribution in [2.24, 2.45) is 5.73 Å². The molecule has 1 unspecified atom stereocenters. The molecule has 1 aliphatic rings. The summed E-state index contributed by atoms with van der Waals surface area (Å²) < 4.78 is 0. The molecule has 1 saturated carbocycles. The second-order valence-corrected chi connectivity index (χ2v) is 4.79. The Labute approximate surface area is 112 Å². The first kappa shape index (κ1) is 13.5. The molecule has 5 heteroatoms. The van der Waals surface area contributed by atoms with Crippen LogP contribution in [0.15, 0.2) is 30.3 Å². The molecule has 2 rings (SSSR count). The van der Waals surface area contributed by atoms with Gasteiger partial charge in [-0.05, 0) is 18.4 Å². The van der Waals surface area contributed by atoms with E-state index in [4.69, 9.17) is 10.8 Å². The summed E-state index contributed by atoms with van der Waals surface area (Å²) in [6.45, 7) is -0.0570. The normalized spacial score (nSPS) is 15.8. The molecule has 1 aromatic rings. The summed E-state index contributed by atoms with van der Waals surface area (Å²) in [4.78, 5) is 24.8. The van der Waals surface area contributed by atoms with Crippen molar-refractivity contribution in [1.82, 2.24) is 4.90 Å². The van der Waals surface area contributed by atoms with Crippen molar-refractivity contribution >= 4 is 11.9 Å². The predicted molar refractivity (Wildman–Crippen MR) is 70.6 cm³/mol. The lowest BCUT2D eigenvalue weighted by Crippen LogP contribution is -2.42. The van der Waals surface area contributed by atoms with E-state index >= 15 is 0 Å². The Kier molecular flexibility index (Phi) is 4.16. The lowest BCUT2D eigenvalue weighted by molar-refractivity contribution is -0.145. The number of hydrogen-bond donors (Lipinski definition) is 2. The van der Waals surface area contributed by atoms with Gasteiger partial charge in [-0.2, -0.15) is 0 Å². The predicted octanol–water partition coefficient (Wildman–Crippen LogP) is 0.805. The highest BCUT2D eigenvalue weighted by Gasteiger charge is 2.36. The molecule has 1 atom stereocenters. The van der Waals surface area contributed by atoms with Crippen LogP contribution in [-0.4, -0.2) is 41.0 Å². The van der Waals surface area contributed by atoms with Gasteiger partial charge in [0.05, 0.1) is 5.92 Å². The van der Waals surface area contributed by atoms with Crippen molar-refractivity contribution in [3.8, 4) is 0 Å². The number of amides is 1. The largest absolute Gasteiger partial charge is 0.480 e. The van der Waals surface area contributed by atoms with Gasteiger partial charge < -0.3 is 15.7 Å². The molecular weight excluding hydrogens is 244 g/mol. The van der Waals surface area contributed by atoms with Gasteiger partial charge in [-0.3, -0.25) is 9.59 Å². The van der Waals surface area contributed by atoms with E-state index in [1.54, 1.807) is 0 Å². The number of nitrogens with two attached hydrogens (primary N) is 1. The summed E-state index contributed by atoms with van der Waals surface area (Å²) in [5.41, 5.74) is 6.54. The quantitative estimate of drug-likeness (QED) is 0.794. The molecule has 0 heterocycles. The van der Waals surface area contributed by atoms with Crippen molar-refractivity contribution in [3.05, 3.63) is 35.9 Å². The number of rotatable bonds is 6. The number of nitrogens with zero attached hydrogens (tertiary/aromatic N) is 1. The molecule has 1 fully saturated rings. The minimum atomic E-state index is -0.982. The maximum atomic E-state index is 12.5. The number of carbonyl (C=O) groups excluding carboxylic acids is 1. The lowest BCUT2D eigenvalue weighted by atomic mass is 9.97. The van der Waals surface area contributed by atoms with Gasteiger partial charge in [-0.1, -0.05) is 30.3 Å². The van der Waals surface area contributed by atoms with Crippen LogP contribution in [0.5, 0.6) is 0 Å². The molecular formula is C14H18N2O3. The summed E-state index contributed by atoms with van der Waals surface area (Å²) in [5, 5.41) is 8.91. The maximum Gasteiger partial charge on any atom is 0.323 e. The van der Waals surface area contributed by atoms with E-state index in [0.29, 0.717) is 0 Å². The molecule has 0 radical (unpaired) electrons. The fraction of sp³-hybridized carbons (Fsp3) is 0.429. The summed E-state index contributed by atoms with van der Waals surface area (Å²) in [7, 11) is 0. The fourth-order valence-electron chi connectivity index (χ4n) is 2.18. The van der Waals surface area contributed by atoms with E-state index in [1.165, 1.54) is 4.90 Å². The van der Waals surface area contributed by atoms with Crippen molar-refractivity contribution < 1.29 is 14.7 Å². The van der Waals surface area contributed by atoms with Crippen LogP contribution in [0.1, 0.15) is 24.3 Å². The summed E-state index contributed by atoms with van der Waals surface area (Å²) in [6.07, 6.45) is 1.76. The van der Waals surface area contributed by atoms with E-state index in [1.807, 2.05) is 30.3 Å². The molecule has 3 N–H and O–H groups in total. The van der Waals surface area contributed by atoms with E-state index in [2.05, 4.69) is 0 Å². The van der Waals surface area contributed by atoms with Crippen molar-refractivity contribution in [1.29, 1.82) is 0 Å². The van der Waals surface area contributed by atoms with Gasteiger partial charge >= 0.3 is 5.97 Å². The van der Waals surface area contributed by atoms with E-state index in [9.17, 15) is 9.59 Å². The van der Waals surface area contributed by atoms with Gasteiger partial charge in [0.15, 0.2) is 0 Å². The zero-order chi connectivity index (χ0) is 13.8. The van der Waals surface area contributed by atoms with Gasteiger partial charge in [-0.25, -0.2) is 0 Å². The molecule has 19 heavy (non-hydrogen) atoms. The third-order valence-corrected chi connectivity index (χ3v) is 3.31. The third kappa shape index (κ3) is 3.32. The topological polar surface area (TPSA) is 83.6 Å². The minimum Gasteiger partial charge on any atom is -0.480 e. The lowest BCUT2D eigenvalue weighted by Gasteiger charge is -2.25. The molecule has 0 aromatic heterocycles. The first-order chi connectivity index (χ1) is 9.13. The van der Waals surface area contributed by atoms with Gasteiger partial charge in [0.25, 0.3) is 0 Å². The van der Waals surface area contributed by atoms with Gasteiger partial charge in [0, 0.05) is 12.6 Å². The number of aliphatic carboxylic acids is 1. The molecule has 1 aliphatic carbocycles. The van der Waals surface area contributed by atoms with Crippen molar-refractivity contribution in [3.63, 3.8) is 0 Å². The smallest absolute Gasteiger partial charge is 0.323 e. The van der Waals surface area contributed by atoms with Gasteiger partial charge in [0.2, 0.25) is 5.91 Å². The fourth-order valence-corrected chi connectivity index (χ4v) is 2.18. The second kappa shape index (κ2) is 5.84. The van der Waals surface area contributed by atoms with Crippen LogP contribution in [0.25, 0.3) is 0 Å². The average molecular weight is 262 g/mol. The van der Waals surface area contributed by atoms with Crippen LogP contribution in [-0.2, 0) is 9.59 Å². The molecule has 1 amide bonds. The second-order valence-electron chi connectivity index (χ2n) is 4.79. The first-order valence-electron chi connectivity index (χ1n) is 6.40. The number of benzene rings is 1. The molecule has 0 bridgehead atoms. The van der Waals surface area contributed by atoms with Crippen LogP contribution in [0.4, 0.5) is 0 Å². The van der Waals surface area contributed by atoms with E-state index < -0.39 is 11.9 Å². The SMILES string of the molecule is NCC(C(=O)N(CC(=O)O)C1CC1)c1ccccc1. The van der Waals surface area contributed by atoms with Crippen LogP contribution >= 0.6 is 0 Å². The molecule has 0 aliphatic heterocycles. The van der Waals surface area contributed by atoms with Crippen LogP contribution in [0, 0.1) is 0 Å². The first-order valence-corrected chi connectivity index (χ1v) is 6.40. The highest BCUT2D eigenvalue weighted by atomic mass is 16.4. The number of carboxylic acids is 1. The number of carboxylic acid groups (broad SMARTS) is 1. The van der Waals surface area contributed by atoms with Crippen LogP contribution in [0.3, 0.4) is 0 Å². The summed E-state index contributed by atoms with van der Waals surface area (Å²) in [5.74, 6) is -1.62. The van der Waals surface area contributed by atoms with Crippen molar-refractivity contribution in [2.75, 3.05) is 13.1 Å². The summed E-state index contributed by atoms with van der Waals surface area (Å²) in [6, 6.07) is 9.34. The molecule has 102 valence electrons. The third-order valence-electron chi connectivity index (χ3n) is 3.31. The van der Waals surface area contributed by atoms with Gasteiger partial charge in [-0.15, -0.1) is 0 Å². The van der Waals surface area contributed by atoms with Crippen molar-refractivity contribution in [2.45, 2.75) is 24.8 Å². The molecule has 0 spiro atoms. The Morgan fingerprint density at radius 3 is 2.42 bits per heavy atom. The Hall–Kier alpha value is -1.88. The Bertz CT molecular complexity index is 457. The Morgan fingerprint density at radius 2 is 1.95 bits per heavy atom. The van der Waals surface area contributed by atoms with Crippen LogP contribution in [0.2, 0.25) is 0 Å². The monoisotopic (exact) mass is 262 g/mol. The Morgan fingerprint density at radius 1 is 1.32 bits per heavy atom. The van der Waals surface area contributed by atoms with Gasteiger partial charge in [0.1, 0.15) is 6.54 Å². The standard InChI is InChI=1S/C14H18N2O3/c15-8-12(10-4-2-1-3-5-10)14(19)16(9-13(17)18)11-6-7-11/h1-5,11-12H,6-9,15H2,(H,17,18). The molecule has 5 nitrogen and oxygen atoms in total. The zero-order valence-electron chi connectivity index (χ0n) is 10.7. The van der Waals surface area contributed by atoms with E-state index in [0.717, 1.165) is 18.4 Å². The zero-order valence-corrected chi connectivity index (χ0v) is 10.7. The highest BCUT2D eigenvalue weighted by molar-refractivity contribution is 5.87. The Balaban J connectivity index is 2.16. The van der Waals surface area contributed by atoms with E-state index in [-0.39, 0.29) is 25.0 Å².